The van der Waals surface area contributed by atoms with E-state index < -0.39 is 6.61 Å². The van der Waals surface area contributed by atoms with E-state index in [1.165, 1.54) is 25.3 Å². The van der Waals surface area contributed by atoms with E-state index in [4.69, 9.17) is 31.6 Å². The first-order valence-electron chi connectivity index (χ1n) is 7.47. The number of nitrogens with two attached hydrogens (primary N) is 1. The number of para-hydroxylation sites is 1. The van der Waals surface area contributed by atoms with Crippen LogP contribution >= 0.6 is 11.6 Å². The van der Waals surface area contributed by atoms with Crippen LogP contribution < -0.4 is 19.9 Å². The summed E-state index contributed by atoms with van der Waals surface area (Å²) in [5.74, 6) is 0.579. The zero-order chi connectivity index (χ0) is 18.9. The molecular weight excluding hydrogens is 370 g/mol. The molecule has 0 aliphatic heterocycles. The molecule has 0 radical (unpaired) electrons. The van der Waals surface area contributed by atoms with Crippen LogP contribution in [0.1, 0.15) is 5.56 Å². The highest BCUT2D eigenvalue weighted by molar-refractivity contribution is 6.32. The van der Waals surface area contributed by atoms with Gasteiger partial charge >= 0.3 is 6.61 Å². The third kappa shape index (κ3) is 5.66. The monoisotopic (exact) mass is 386 g/mol. The highest BCUT2D eigenvalue weighted by Gasteiger charge is 2.12. The summed E-state index contributed by atoms with van der Waals surface area (Å²) in [5, 5.41) is 4.25. The zero-order valence-corrected chi connectivity index (χ0v) is 14.6. The minimum absolute atomic E-state index is 0.0460. The fraction of sp³-hybridized carbons (Fsp3) is 0.235. The predicted molar refractivity (Wildman–Crippen MR) is 93.2 cm³/mol. The van der Waals surface area contributed by atoms with E-state index in [1.807, 2.05) is 0 Å². The van der Waals surface area contributed by atoms with Crippen LogP contribution in [0.4, 0.5) is 8.78 Å². The van der Waals surface area contributed by atoms with Crippen LogP contribution in [0.5, 0.6) is 17.2 Å². The van der Waals surface area contributed by atoms with Crippen molar-refractivity contribution in [3.05, 3.63) is 53.1 Å². The van der Waals surface area contributed by atoms with Gasteiger partial charge in [0, 0.05) is 5.56 Å². The van der Waals surface area contributed by atoms with Gasteiger partial charge in [0.1, 0.15) is 12.4 Å². The molecule has 2 aromatic rings. The maximum Gasteiger partial charge on any atom is 0.387 e. The lowest BCUT2D eigenvalue weighted by Crippen LogP contribution is -2.15. The Bertz CT molecular complexity index is 759. The van der Waals surface area contributed by atoms with Crippen molar-refractivity contribution in [3.63, 3.8) is 0 Å². The third-order valence-electron chi connectivity index (χ3n) is 3.11. The number of rotatable bonds is 9. The van der Waals surface area contributed by atoms with Gasteiger partial charge in [0.2, 0.25) is 0 Å². The largest absolute Gasteiger partial charge is 0.493 e. The maximum atomic E-state index is 12.3. The number of oxime groups is 1. The molecule has 6 nitrogen and oxygen atoms in total. The standard InChI is InChI=1S/C17H17ClF2N2O4/c1-23-15-10-11(6-7-14(15)26-17(19)20)16(21)22-25-9-8-24-13-5-3-2-4-12(13)18/h2-7,10,17H,8-9H2,1H3,(H2,21,22). The molecule has 0 amide bonds. The number of amidine groups is 1. The van der Waals surface area contributed by atoms with Crippen LogP contribution in [0.25, 0.3) is 0 Å². The van der Waals surface area contributed by atoms with Gasteiger partial charge in [0.25, 0.3) is 0 Å². The van der Waals surface area contributed by atoms with Crippen LogP contribution in [0.2, 0.25) is 5.02 Å². The van der Waals surface area contributed by atoms with Crippen LogP contribution in [0.3, 0.4) is 0 Å². The second-order valence-electron chi connectivity index (χ2n) is 4.83. The molecule has 0 unspecified atom stereocenters. The summed E-state index contributed by atoms with van der Waals surface area (Å²) < 4.78 is 39.4. The maximum absolute atomic E-state index is 12.3. The summed E-state index contributed by atoms with van der Waals surface area (Å²) in [6.07, 6.45) is 0. The lowest BCUT2D eigenvalue weighted by molar-refractivity contribution is -0.0512. The summed E-state index contributed by atoms with van der Waals surface area (Å²) in [5.41, 5.74) is 6.23. The molecule has 2 N–H and O–H groups in total. The first-order chi connectivity index (χ1) is 12.5. The summed E-state index contributed by atoms with van der Waals surface area (Å²) in [4.78, 5) is 5.08. The van der Waals surface area contributed by atoms with E-state index in [-0.39, 0.29) is 30.5 Å². The van der Waals surface area contributed by atoms with Crippen molar-refractivity contribution in [2.45, 2.75) is 6.61 Å². The first kappa shape index (κ1) is 19.6. The molecule has 0 bridgehead atoms. The fourth-order valence-corrected chi connectivity index (χ4v) is 2.13. The second kappa shape index (κ2) is 9.67. The number of methoxy groups -OCH3 is 1. The van der Waals surface area contributed by atoms with E-state index in [0.29, 0.717) is 16.3 Å². The van der Waals surface area contributed by atoms with Crippen LogP contribution in [0, 0.1) is 0 Å². The van der Waals surface area contributed by atoms with Gasteiger partial charge in [-0.15, -0.1) is 0 Å². The summed E-state index contributed by atoms with van der Waals surface area (Å²) in [6, 6.07) is 11.2. The Kier molecular flexibility index (Phi) is 7.28. The molecule has 0 aliphatic carbocycles. The average molecular weight is 387 g/mol. The summed E-state index contributed by atoms with van der Waals surface area (Å²) in [7, 11) is 1.33. The molecular formula is C17H17ClF2N2O4. The summed E-state index contributed by atoms with van der Waals surface area (Å²) in [6.45, 7) is -2.61. The molecule has 0 aliphatic rings. The highest BCUT2D eigenvalue weighted by Crippen LogP contribution is 2.29. The number of alkyl halides is 2. The normalized spacial score (nSPS) is 11.3. The molecule has 0 heterocycles. The SMILES string of the molecule is COc1cc(C(N)=NOCCOc2ccccc2Cl)ccc1OC(F)F. The molecule has 0 spiro atoms. The minimum atomic E-state index is -2.96. The van der Waals surface area contributed by atoms with Crippen molar-refractivity contribution < 1.29 is 27.8 Å². The predicted octanol–water partition coefficient (Wildman–Crippen LogP) is 3.67. The molecule has 2 rings (SSSR count). The van der Waals surface area contributed by atoms with Gasteiger partial charge in [-0.3, -0.25) is 0 Å². The van der Waals surface area contributed by atoms with Crippen LogP contribution in [-0.2, 0) is 4.84 Å². The van der Waals surface area contributed by atoms with Crippen molar-refractivity contribution in [3.8, 4) is 17.2 Å². The van der Waals surface area contributed by atoms with E-state index in [2.05, 4.69) is 9.89 Å². The lowest BCUT2D eigenvalue weighted by atomic mass is 10.2. The molecule has 0 saturated carbocycles. The quantitative estimate of drug-likeness (QED) is 0.308. The van der Waals surface area contributed by atoms with Gasteiger partial charge in [-0.25, -0.2) is 0 Å². The van der Waals surface area contributed by atoms with Crippen LogP contribution in [-0.4, -0.2) is 32.8 Å². The van der Waals surface area contributed by atoms with E-state index >= 15 is 0 Å². The van der Waals surface area contributed by atoms with Gasteiger partial charge < -0.3 is 24.8 Å². The highest BCUT2D eigenvalue weighted by atomic mass is 35.5. The number of ether oxygens (including phenoxy) is 3. The molecule has 0 atom stereocenters. The lowest BCUT2D eigenvalue weighted by Gasteiger charge is -2.11. The number of halogens is 3. The molecule has 140 valence electrons. The van der Waals surface area contributed by atoms with Crippen molar-refractivity contribution in [1.82, 2.24) is 0 Å². The Morgan fingerprint density at radius 2 is 1.88 bits per heavy atom. The van der Waals surface area contributed by atoms with Gasteiger partial charge in [-0.2, -0.15) is 8.78 Å². The number of nitrogens with zero attached hydrogens (tertiary/aromatic N) is 1. The Morgan fingerprint density at radius 3 is 2.58 bits per heavy atom. The molecule has 0 aromatic heterocycles. The van der Waals surface area contributed by atoms with Crippen molar-refractivity contribution in [2.24, 2.45) is 10.9 Å². The Morgan fingerprint density at radius 1 is 1.12 bits per heavy atom. The van der Waals surface area contributed by atoms with E-state index in [9.17, 15) is 8.78 Å². The van der Waals surface area contributed by atoms with Crippen molar-refractivity contribution >= 4 is 17.4 Å². The number of hydrogen-bond acceptors (Lipinski definition) is 5. The second-order valence-corrected chi connectivity index (χ2v) is 5.24. The summed E-state index contributed by atoms with van der Waals surface area (Å²) >= 11 is 5.96. The molecule has 0 saturated heterocycles. The average Bonchev–Trinajstić information content (AvgIpc) is 2.62. The van der Waals surface area contributed by atoms with Crippen LogP contribution in [0.15, 0.2) is 47.6 Å². The topological polar surface area (TPSA) is 75.3 Å². The third-order valence-corrected chi connectivity index (χ3v) is 3.42. The van der Waals surface area contributed by atoms with E-state index in [0.717, 1.165) is 0 Å². The zero-order valence-electron chi connectivity index (χ0n) is 13.8. The smallest absolute Gasteiger partial charge is 0.387 e. The minimum Gasteiger partial charge on any atom is -0.493 e. The van der Waals surface area contributed by atoms with Gasteiger partial charge in [-0.05, 0) is 30.3 Å². The number of benzene rings is 2. The molecule has 2 aromatic carbocycles. The van der Waals surface area contributed by atoms with Gasteiger partial charge in [0.05, 0.1) is 12.1 Å². The Balaban J connectivity index is 1.89. The number of hydrogen-bond donors (Lipinski definition) is 1. The van der Waals surface area contributed by atoms with Gasteiger partial charge in [-0.1, -0.05) is 28.9 Å². The fourth-order valence-electron chi connectivity index (χ4n) is 1.94. The van der Waals surface area contributed by atoms with Gasteiger partial charge in [0.15, 0.2) is 23.9 Å². The Labute approximate surface area is 154 Å². The van der Waals surface area contributed by atoms with Crippen molar-refractivity contribution in [2.75, 3.05) is 20.3 Å². The van der Waals surface area contributed by atoms with E-state index in [1.54, 1.807) is 24.3 Å². The molecule has 9 heteroatoms. The molecule has 26 heavy (non-hydrogen) atoms. The van der Waals surface area contributed by atoms with Crippen molar-refractivity contribution in [1.29, 1.82) is 0 Å². The first-order valence-corrected chi connectivity index (χ1v) is 7.85. The molecule has 0 fully saturated rings. The Hall–Kier alpha value is -2.74.